The van der Waals surface area contributed by atoms with E-state index in [0.717, 1.165) is 62.6 Å². The maximum absolute atomic E-state index is 12.9. The van der Waals surface area contributed by atoms with Gasteiger partial charge in [0.2, 0.25) is 5.91 Å². The standard InChI is InChI=1S/C21H29ClN2O2/c22-18-5-3-17(4-6-18)21(9-10-21)20(25)23-14-16-2-1-11-24(15-16)19-7-12-26-13-8-19/h3-6,16,19H,1-2,7-15H2,(H,23,25). The first-order chi connectivity index (χ1) is 12.7. The molecule has 4 nitrogen and oxygen atoms in total. The van der Waals surface area contributed by atoms with E-state index in [2.05, 4.69) is 10.2 Å². The molecule has 1 atom stereocenters. The number of nitrogens with one attached hydrogen (secondary N) is 1. The molecule has 2 heterocycles. The maximum Gasteiger partial charge on any atom is 0.230 e. The molecular formula is C21H29ClN2O2. The number of likely N-dealkylation sites (tertiary alicyclic amines) is 1. The van der Waals surface area contributed by atoms with Crippen LogP contribution in [0.2, 0.25) is 5.02 Å². The van der Waals surface area contributed by atoms with E-state index in [9.17, 15) is 4.79 Å². The molecule has 3 fully saturated rings. The van der Waals surface area contributed by atoms with Crippen molar-refractivity contribution >= 4 is 17.5 Å². The Morgan fingerprint density at radius 3 is 2.62 bits per heavy atom. The van der Waals surface area contributed by atoms with Gasteiger partial charge in [-0.3, -0.25) is 9.69 Å². The zero-order valence-corrected chi connectivity index (χ0v) is 16.1. The Morgan fingerprint density at radius 1 is 1.19 bits per heavy atom. The van der Waals surface area contributed by atoms with E-state index >= 15 is 0 Å². The quantitative estimate of drug-likeness (QED) is 0.856. The topological polar surface area (TPSA) is 41.6 Å². The van der Waals surface area contributed by atoms with E-state index in [1.54, 1.807) is 0 Å². The van der Waals surface area contributed by atoms with Crippen LogP contribution >= 0.6 is 11.6 Å². The van der Waals surface area contributed by atoms with Crippen molar-refractivity contribution < 1.29 is 9.53 Å². The number of piperidine rings is 1. The lowest BCUT2D eigenvalue weighted by molar-refractivity contribution is -0.123. The summed E-state index contributed by atoms with van der Waals surface area (Å²) in [5, 5.41) is 3.99. The van der Waals surface area contributed by atoms with Crippen LogP contribution in [0, 0.1) is 5.92 Å². The van der Waals surface area contributed by atoms with Crippen molar-refractivity contribution in [2.75, 3.05) is 32.8 Å². The predicted octanol–water partition coefficient (Wildman–Crippen LogP) is 3.38. The number of amides is 1. The average Bonchev–Trinajstić information content (AvgIpc) is 3.50. The molecule has 1 unspecified atom stereocenters. The number of carbonyl (C=O) groups is 1. The minimum absolute atomic E-state index is 0.197. The third-order valence-electron chi connectivity index (χ3n) is 6.39. The summed E-state index contributed by atoms with van der Waals surface area (Å²) in [7, 11) is 0. The van der Waals surface area contributed by atoms with E-state index in [0.29, 0.717) is 12.0 Å². The predicted molar refractivity (Wildman–Crippen MR) is 104 cm³/mol. The fourth-order valence-electron chi connectivity index (χ4n) is 4.59. The molecular weight excluding hydrogens is 348 g/mol. The molecule has 0 bridgehead atoms. The summed E-state index contributed by atoms with van der Waals surface area (Å²) in [5.74, 6) is 0.763. The van der Waals surface area contributed by atoms with E-state index in [-0.39, 0.29) is 11.3 Å². The molecule has 1 aromatic rings. The number of ether oxygens (including phenoxy) is 1. The SMILES string of the molecule is O=C(NCC1CCCN(C2CCOCC2)C1)C1(c2ccc(Cl)cc2)CC1. The number of hydrogen-bond acceptors (Lipinski definition) is 3. The van der Waals surface area contributed by atoms with Gasteiger partial charge in [0.1, 0.15) is 0 Å². The molecule has 1 saturated carbocycles. The van der Waals surface area contributed by atoms with Crippen molar-refractivity contribution in [3.63, 3.8) is 0 Å². The molecule has 2 aliphatic heterocycles. The van der Waals surface area contributed by atoms with Crippen LogP contribution in [0.5, 0.6) is 0 Å². The van der Waals surface area contributed by atoms with Gasteiger partial charge >= 0.3 is 0 Å². The molecule has 1 aromatic carbocycles. The summed E-state index contributed by atoms with van der Waals surface area (Å²) in [6, 6.07) is 8.45. The van der Waals surface area contributed by atoms with Crippen molar-refractivity contribution in [2.45, 2.75) is 50.0 Å². The summed E-state index contributed by atoms with van der Waals surface area (Å²) >= 11 is 5.99. The van der Waals surface area contributed by atoms with Crippen molar-refractivity contribution in [1.29, 1.82) is 0 Å². The lowest BCUT2D eigenvalue weighted by Crippen LogP contribution is -2.48. The Labute approximate surface area is 161 Å². The van der Waals surface area contributed by atoms with Gasteiger partial charge in [-0.25, -0.2) is 0 Å². The third kappa shape index (κ3) is 3.92. The fourth-order valence-corrected chi connectivity index (χ4v) is 4.72. The molecule has 3 aliphatic rings. The summed E-state index contributed by atoms with van der Waals surface area (Å²) in [6.07, 6.45) is 6.64. The van der Waals surface area contributed by atoms with Gasteiger partial charge < -0.3 is 10.1 Å². The molecule has 0 spiro atoms. The van der Waals surface area contributed by atoms with Gasteiger partial charge in [0.05, 0.1) is 5.41 Å². The zero-order chi connectivity index (χ0) is 18.0. The van der Waals surface area contributed by atoms with E-state index in [1.807, 2.05) is 24.3 Å². The largest absolute Gasteiger partial charge is 0.381 e. The molecule has 0 radical (unpaired) electrons. The highest BCUT2D eigenvalue weighted by molar-refractivity contribution is 6.30. The first-order valence-corrected chi connectivity index (χ1v) is 10.4. The smallest absolute Gasteiger partial charge is 0.230 e. The molecule has 26 heavy (non-hydrogen) atoms. The Hall–Kier alpha value is -1.10. The molecule has 2 saturated heterocycles. The van der Waals surface area contributed by atoms with Crippen LogP contribution in [-0.4, -0.2) is 49.7 Å². The lowest BCUT2D eigenvalue weighted by Gasteiger charge is -2.40. The van der Waals surface area contributed by atoms with Crippen molar-refractivity contribution in [3.8, 4) is 0 Å². The highest BCUT2D eigenvalue weighted by Gasteiger charge is 2.51. The van der Waals surface area contributed by atoms with E-state index in [4.69, 9.17) is 16.3 Å². The van der Waals surface area contributed by atoms with Gasteiger partial charge in [0.25, 0.3) is 0 Å². The highest BCUT2D eigenvalue weighted by Crippen LogP contribution is 2.48. The number of benzene rings is 1. The van der Waals surface area contributed by atoms with Gasteiger partial charge in [0.15, 0.2) is 0 Å². The Kier molecular flexibility index (Phi) is 5.53. The van der Waals surface area contributed by atoms with Crippen LogP contribution < -0.4 is 5.32 Å². The van der Waals surface area contributed by atoms with Crippen LogP contribution in [0.3, 0.4) is 0 Å². The van der Waals surface area contributed by atoms with Gasteiger partial charge in [-0.2, -0.15) is 0 Å². The minimum Gasteiger partial charge on any atom is -0.381 e. The molecule has 1 aliphatic carbocycles. The van der Waals surface area contributed by atoms with Crippen molar-refractivity contribution in [3.05, 3.63) is 34.9 Å². The van der Waals surface area contributed by atoms with Crippen LogP contribution in [0.4, 0.5) is 0 Å². The second kappa shape index (κ2) is 7.87. The van der Waals surface area contributed by atoms with Gasteiger partial charge in [-0.15, -0.1) is 0 Å². The lowest BCUT2D eigenvalue weighted by atomic mass is 9.93. The van der Waals surface area contributed by atoms with Gasteiger partial charge in [-0.05, 0) is 68.7 Å². The van der Waals surface area contributed by atoms with Crippen LogP contribution in [0.1, 0.15) is 44.1 Å². The summed E-state index contributed by atoms with van der Waals surface area (Å²) in [4.78, 5) is 15.5. The minimum atomic E-state index is -0.306. The molecule has 0 aromatic heterocycles. The Bertz CT molecular complexity index is 623. The normalized spacial score (nSPS) is 26.4. The van der Waals surface area contributed by atoms with Gasteiger partial charge in [0, 0.05) is 37.4 Å². The van der Waals surface area contributed by atoms with E-state index in [1.165, 1.54) is 19.4 Å². The molecule has 5 heteroatoms. The number of hydrogen-bond donors (Lipinski definition) is 1. The average molecular weight is 377 g/mol. The number of rotatable bonds is 5. The number of halogens is 1. The van der Waals surface area contributed by atoms with Gasteiger partial charge in [-0.1, -0.05) is 23.7 Å². The first kappa shape index (κ1) is 18.3. The van der Waals surface area contributed by atoms with Crippen LogP contribution in [-0.2, 0) is 14.9 Å². The Morgan fingerprint density at radius 2 is 1.92 bits per heavy atom. The van der Waals surface area contributed by atoms with E-state index < -0.39 is 0 Å². The molecule has 1 N–H and O–H groups in total. The second-order valence-electron chi connectivity index (χ2n) is 8.15. The maximum atomic E-state index is 12.9. The first-order valence-electron chi connectivity index (χ1n) is 10.0. The zero-order valence-electron chi connectivity index (χ0n) is 15.4. The van der Waals surface area contributed by atoms with Crippen molar-refractivity contribution in [1.82, 2.24) is 10.2 Å². The highest BCUT2D eigenvalue weighted by atomic mass is 35.5. The summed E-state index contributed by atoms with van der Waals surface area (Å²) in [5.41, 5.74) is 0.798. The molecule has 4 rings (SSSR count). The second-order valence-corrected chi connectivity index (χ2v) is 8.58. The van der Waals surface area contributed by atoms with Crippen LogP contribution in [0.15, 0.2) is 24.3 Å². The Balaban J connectivity index is 1.30. The van der Waals surface area contributed by atoms with Crippen molar-refractivity contribution in [2.24, 2.45) is 5.92 Å². The third-order valence-corrected chi connectivity index (χ3v) is 6.64. The molecule has 142 valence electrons. The number of carbonyl (C=O) groups excluding carboxylic acids is 1. The fraction of sp³-hybridized carbons (Fsp3) is 0.667. The molecule has 1 amide bonds. The van der Waals surface area contributed by atoms with Crippen LogP contribution in [0.25, 0.3) is 0 Å². The summed E-state index contributed by atoms with van der Waals surface area (Å²) < 4.78 is 5.50. The number of nitrogens with zero attached hydrogens (tertiary/aromatic N) is 1. The summed E-state index contributed by atoms with van der Waals surface area (Å²) in [6.45, 7) is 4.90. The monoisotopic (exact) mass is 376 g/mol.